The second-order valence-corrected chi connectivity index (χ2v) is 3.12. The molecule has 0 atom stereocenters. The van der Waals surface area contributed by atoms with Crippen LogP contribution in [0, 0.1) is 0 Å². The highest BCUT2D eigenvalue weighted by Gasteiger charge is 2.14. The van der Waals surface area contributed by atoms with Gasteiger partial charge < -0.3 is 16.0 Å². The molecule has 3 N–H and O–H groups in total. The third-order valence-electron chi connectivity index (χ3n) is 1.85. The Labute approximate surface area is 100 Å². The van der Waals surface area contributed by atoms with E-state index in [1.807, 2.05) is 0 Å². The summed E-state index contributed by atoms with van der Waals surface area (Å²) in [6.07, 6.45) is 2.92. The molecule has 0 saturated carbocycles. The van der Waals surface area contributed by atoms with Crippen molar-refractivity contribution in [3.63, 3.8) is 0 Å². The molecule has 0 unspecified atom stereocenters. The minimum atomic E-state index is -0.542. The maximum Gasteiger partial charge on any atom is 0.271 e. The molecule has 0 spiro atoms. The Morgan fingerprint density at radius 2 is 1.35 bits per heavy atom. The Balaban J connectivity index is 4.73. The second-order valence-electron chi connectivity index (χ2n) is 3.12. The van der Waals surface area contributed by atoms with Crippen LogP contribution in [0.4, 0.5) is 0 Å². The molecule has 6 nitrogen and oxygen atoms in total. The summed E-state index contributed by atoms with van der Waals surface area (Å²) in [4.78, 5) is 33.8. The van der Waals surface area contributed by atoms with E-state index in [0.717, 1.165) is 0 Å². The van der Waals surface area contributed by atoms with E-state index in [9.17, 15) is 14.4 Å². The van der Waals surface area contributed by atoms with E-state index in [4.69, 9.17) is 0 Å². The highest BCUT2D eigenvalue weighted by Crippen LogP contribution is 1.95. The van der Waals surface area contributed by atoms with E-state index in [1.165, 1.54) is 26.1 Å². The van der Waals surface area contributed by atoms with Gasteiger partial charge in [0.2, 0.25) is 5.91 Å². The van der Waals surface area contributed by atoms with Gasteiger partial charge >= 0.3 is 0 Å². The summed E-state index contributed by atoms with van der Waals surface area (Å²) in [5.41, 5.74) is 0.225. The Bertz CT molecular complexity index is 383. The Morgan fingerprint density at radius 3 is 1.71 bits per heavy atom. The Morgan fingerprint density at radius 1 is 0.882 bits per heavy atom. The van der Waals surface area contributed by atoms with Crippen LogP contribution in [-0.4, -0.2) is 24.8 Å². The predicted molar refractivity (Wildman–Crippen MR) is 63.5 cm³/mol. The highest BCUT2D eigenvalue weighted by atomic mass is 16.2. The number of carbonyl (C=O) groups is 3. The zero-order valence-corrected chi connectivity index (χ0v) is 10.4. The van der Waals surface area contributed by atoms with Crippen molar-refractivity contribution < 1.29 is 14.4 Å². The first kappa shape index (κ1) is 14.9. The normalized spacial score (nSPS) is 11.8. The number of allylic oxidation sites excluding steroid dienone is 2. The van der Waals surface area contributed by atoms with Crippen LogP contribution in [-0.2, 0) is 14.4 Å². The summed E-state index contributed by atoms with van der Waals surface area (Å²) in [5.74, 6) is -1.30. The summed E-state index contributed by atoms with van der Waals surface area (Å²) >= 11 is 0. The van der Waals surface area contributed by atoms with Gasteiger partial charge in [0.25, 0.3) is 11.8 Å². The van der Waals surface area contributed by atoms with Gasteiger partial charge in [0.1, 0.15) is 11.4 Å². The Hall–Kier alpha value is -2.11. The largest absolute Gasteiger partial charge is 0.354 e. The van der Waals surface area contributed by atoms with Crippen molar-refractivity contribution in [1.29, 1.82) is 0 Å². The first-order valence-corrected chi connectivity index (χ1v) is 5.09. The zero-order chi connectivity index (χ0) is 13.4. The van der Waals surface area contributed by atoms with Gasteiger partial charge in [0.05, 0.1) is 0 Å². The van der Waals surface area contributed by atoms with Crippen molar-refractivity contribution >= 4 is 17.7 Å². The lowest BCUT2D eigenvalue weighted by atomic mass is 10.3. The van der Waals surface area contributed by atoms with E-state index in [0.29, 0.717) is 0 Å². The maximum atomic E-state index is 11.7. The minimum absolute atomic E-state index is 0.0979. The number of hydrogen-bond donors (Lipinski definition) is 3. The summed E-state index contributed by atoms with van der Waals surface area (Å²) in [7, 11) is 1.46. The number of amides is 3. The number of rotatable bonds is 4. The standard InChI is InChI=1S/C11H17N3O3/c1-5-8(10(16)12-4)14-11(17)9(6-2)13-7(3)15/h5-6H,1-4H3,(H,12,16)(H,13,15)(H,14,17)/b8-5+,9-6+. The van der Waals surface area contributed by atoms with Crippen LogP contribution in [0.2, 0.25) is 0 Å². The highest BCUT2D eigenvalue weighted by molar-refractivity contribution is 6.03. The smallest absolute Gasteiger partial charge is 0.271 e. The molecule has 0 fully saturated rings. The quantitative estimate of drug-likeness (QED) is 0.593. The second kappa shape index (κ2) is 7.21. The molecule has 6 heteroatoms. The van der Waals surface area contributed by atoms with Gasteiger partial charge in [0, 0.05) is 14.0 Å². The maximum absolute atomic E-state index is 11.7. The summed E-state index contributed by atoms with van der Waals surface area (Å²) in [6.45, 7) is 4.53. The first-order valence-electron chi connectivity index (χ1n) is 5.09. The average Bonchev–Trinajstić information content (AvgIpc) is 2.31. The van der Waals surface area contributed by atoms with E-state index < -0.39 is 11.8 Å². The van der Waals surface area contributed by atoms with Crippen LogP contribution < -0.4 is 16.0 Å². The lowest BCUT2D eigenvalue weighted by molar-refractivity contribution is -0.123. The fourth-order valence-corrected chi connectivity index (χ4v) is 1.03. The van der Waals surface area contributed by atoms with Crippen molar-refractivity contribution in [3.05, 3.63) is 23.5 Å². The topological polar surface area (TPSA) is 87.3 Å². The Kier molecular flexibility index (Phi) is 6.32. The molecular formula is C11H17N3O3. The van der Waals surface area contributed by atoms with Crippen molar-refractivity contribution in [1.82, 2.24) is 16.0 Å². The van der Waals surface area contributed by atoms with Crippen LogP contribution in [0.25, 0.3) is 0 Å². The average molecular weight is 239 g/mol. The number of nitrogens with one attached hydrogen (secondary N) is 3. The van der Waals surface area contributed by atoms with Crippen LogP contribution >= 0.6 is 0 Å². The molecule has 0 saturated heterocycles. The summed E-state index contributed by atoms with van der Waals surface area (Å²) < 4.78 is 0. The fourth-order valence-electron chi connectivity index (χ4n) is 1.03. The van der Waals surface area contributed by atoms with Gasteiger partial charge in [-0.15, -0.1) is 0 Å². The molecule has 0 radical (unpaired) electrons. The van der Waals surface area contributed by atoms with Crippen molar-refractivity contribution in [2.24, 2.45) is 0 Å². The van der Waals surface area contributed by atoms with E-state index in [1.54, 1.807) is 13.8 Å². The molecule has 0 heterocycles. The molecule has 0 aliphatic carbocycles. The van der Waals surface area contributed by atoms with Crippen LogP contribution in [0.1, 0.15) is 20.8 Å². The van der Waals surface area contributed by atoms with Crippen LogP contribution in [0.15, 0.2) is 23.5 Å². The minimum Gasteiger partial charge on any atom is -0.354 e. The van der Waals surface area contributed by atoms with Gasteiger partial charge in [-0.1, -0.05) is 12.2 Å². The molecule has 0 aromatic rings. The molecular weight excluding hydrogens is 222 g/mol. The van der Waals surface area contributed by atoms with Crippen molar-refractivity contribution in [3.8, 4) is 0 Å². The lowest BCUT2D eigenvalue weighted by Crippen LogP contribution is -2.37. The molecule has 0 bridgehead atoms. The molecule has 3 amide bonds. The van der Waals surface area contributed by atoms with Crippen LogP contribution in [0.5, 0.6) is 0 Å². The molecule has 0 rings (SSSR count). The van der Waals surface area contributed by atoms with Crippen molar-refractivity contribution in [2.45, 2.75) is 20.8 Å². The van der Waals surface area contributed by atoms with Gasteiger partial charge in [-0.2, -0.15) is 0 Å². The van der Waals surface area contributed by atoms with E-state index >= 15 is 0 Å². The van der Waals surface area contributed by atoms with E-state index in [2.05, 4.69) is 16.0 Å². The van der Waals surface area contributed by atoms with Gasteiger partial charge in [-0.25, -0.2) is 0 Å². The summed E-state index contributed by atoms with van der Waals surface area (Å²) in [6, 6.07) is 0. The molecule has 0 aliphatic rings. The lowest BCUT2D eigenvalue weighted by Gasteiger charge is -2.10. The molecule has 0 aromatic heterocycles. The third-order valence-corrected chi connectivity index (χ3v) is 1.85. The van der Waals surface area contributed by atoms with Gasteiger partial charge in [0.15, 0.2) is 0 Å². The van der Waals surface area contributed by atoms with Crippen LogP contribution in [0.3, 0.4) is 0 Å². The van der Waals surface area contributed by atoms with Gasteiger partial charge in [-0.3, -0.25) is 14.4 Å². The number of hydrogen-bond acceptors (Lipinski definition) is 3. The fraction of sp³-hybridized carbons (Fsp3) is 0.364. The monoisotopic (exact) mass is 239 g/mol. The van der Waals surface area contributed by atoms with Gasteiger partial charge in [-0.05, 0) is 13.8 Å². The molecule has 17 heavy (non-hydrogen) atoms. The van der Waals surface area contributed by atoms with Crippen molar-refractivity contribution in [2.75, 3.05) is 7.05 Å². The summed E-state index contributed by atoms with van der Waals surface area (Å²) in [5, 5.41) is 7.16. The molecule has 0 aliphatic heterocycles. The number of likely N-dealkylation sites (N-methyl/N-ethyl adjacent to an activating group) is 1. The predicted octanol–water partition coefficient (Wildman–Crippen LogP) is -0.208. The SMILES string of the molecule is C/C=C(/NC(C)=O)C(=O)N/C(=C/C)C(=O)NC. The number of carbonyl (C=O) groups excluding carboxylic acids is 3. The first-order chi connectivity index (χ1) is 7.96. The van der Waals surface area contributed by atoms with E-state index in [-0.39, 0.29) is 17.3 Å². The zero-order valence-electron chi connectivity index (χ0n) is 10.4. The molecule has 0 aromatic carbocycles. The third kappa shape index (κ3) is 4.96. The molecule has 94 valence electrons.